The highest BCUT2D eigenvalue weighted by Crippen LogP contribution is 2.15. The maximum Gasteiger partial charge on any atom is 0.193 e. The Morgan fingerprint density at radius 1 is 0.583 bits per heavy atom. The van der Waals surface area contributed by atoms with E-state index in [1.165, 1.54) is 24.3 Å². The van der Waals surface area contributed by atoms with Gasteiger partial charge in [-0.05, 0) is 31.2 Å². The van der Waals surface area contributed by atoms with E-state index in [0.717, 1.165) is 5.56 Å². The fourth-order valence-corrected chi connectivity index (χ4v) is 2.41. The Morgan fingerprint density at radius 2 is 0.875 bits per heavy atom. The van der Waals surface area contributed by atoms with Crippen LogP contribution in [0.15, 0.2) is 72.8 Å². The van der Waals surface area contributed by atoms with Crippen molar-refractivity contribution in [2.24, 2.45) is 0 Å². The summed E-state index contributed by atoms with van der Waals surface area (Å²) < 4.78 is 12.9. The predicted octanol–water partition coefficient (Wildman–Crippen LogP) is 4.60. The van der Waals surface area contributed by atoms with Crippen molar-refractivity contribution < 1.29 is 14.0 Å². The van der Waals surface area contributed by atoms with Gasteiger partial charge in [0.05, 0.1) is 0 Å². The molecule has 0 aliphatic heterocycles. The van der Waals surface area contributed by atoms with Crippen molar-refractivity contribution in [3.63, 3.8) is 0 Å². The Kier molecular flexibility index (Phi) is 4.34. The highest BCUT2D eigenvalue weighted by Gasteiger charge is 2.12. The van der Waals surface area contributed by atoms with Crippen LogP contribution >= 0.6 is 0 Å². The summed E-state index contributed by atoms with van der Waals surface area (Å²) in [5.74, 6) is -0.675. The average molecular weight is 318 g/mol. The Morgan fingerprint density at radius 3 is 1.25 bits per heavy atom. The number of hydrogen-bond acceptors (Lipinski definition) is 2. The molecule has 3 aromatic carbocycles. The van der Waals surface area contributed by atoms with E-state index in [1.54, 1.807) is 36.4 Å². The number of carbonyl (C=O) groups excluding carboxylic acids is 2. The molecule has 0 bridgehead atoms. The Bertz CT molecular complexity index is 800. The highest BCUT2D eigenvalue weighted by molar-refractivity contribution is 6.11. The number of aryl methyl sites for hydroxylation is 1. The smallest absolute Gasteiger partial charge is 0.193 e. The van der Waals surface area contributed by atoms with Crippen LogP contribution < -0.4 is 0 Å². The molecular weight excluding hydrogens is 303 g/mol. The minimum atomic E-state index is -0.384. The first kappa shape index (κ1) is 15.8. The van der Waals surface area contributed by atoms with Gasteiger partial charge in [0.2, 0.25) is 0 Å². The van der Waals surface area contributed by atoms with E-state index in [2.05, 4.69) is 0 Å². The Hall–Kier alpha value is -3.07. The summed E-state index contributed by atoms with van der Waals surface area (Å²) in [5, 5.41) is 0. The summed E-state index contributed by atoms with van der Waals surface area (Å²) in [7, 11) is 0. The van der Waals surface area contributed by atoms with Crippen LogP contribution in [-0.4, -0.2) is 11.6 Å². The van der Waals surface area contributed by atoms with Gasteiger partial charge < -0.3 is 0 Å². The maximum absolute atomic E-state index is 12.9. The molecule has 0 N–H and O–H groups in total. The molecule has 0 atom stereocenters. The second-order valence-electron chi connectivity index (χ2n) is 5.61. The molecule has 0 aliphatic carbocycles. The maximum atomic E-state index is 12.9. The molecule has 3 heteroatoms. The van der Waals surface area contributed by atoms with Gasteiger partial charge in [-0.25, -0.2) is 4.39 Å². The molecule has 0 spiro atoms. The molecule has 0 saturated heterocycles. The van der Waals surface area contributed by atoms with E-state index >= 15 is 0 Å². The van der Waals surface area contributed by atoms with Crippen molar-refractivity contribution >= 4 is 11.6 Å². The topological polar surface area (TPSA) is 34.1 Å². The predicted molar refractivity (Wildman–Crippen MR) is 90.9 cm³/mol. The summed E-state index contributed by atoms with van der Waals surface area (Å²) in [6.45, 7) is 1.96. The monoisotopic (exact) mass is 318 g/mol. The molecule has 0 fully saturated rings. The standard InChI is InChI=1S/C21H15FO2/c1-14-2-4-15(5-3-14)20(23)16-6-8-17(9-7-16)21(24)18-10-12-19(22)13-11-18/h2-13H,1H3. The molecule has 0 amide bonds. The third kappa shape index (κ3) is 3.30. The summed E-state index contributed by atoms with van der Waals surface area (Å²) in [6.07, 6.45) is 0. The van der Waals surface area contributed by atoms with E-state index in [1.807, 2.05) is 19.1 Å². The van der Waals surface area contributed by atoms with E-state index in [0.29, 0.717) is 22.3 Å². The fraction of sp³-hybridized carbons (Fsp3) is 0.0476. The third-order valence-electron chi connectivity index (χ3n) is 3.83. The third-order valence-corrected chi connectivity index (χ3v) is 3.83. The van der Waals surface area contributed by atoms with E-state index < -0.39 is 0 Å². The molecule has 24 heavy (non-hydrogen) atoms. The van der Waals surface area contributed by atoms with Crippen LogP contribution in [0.25, 0.3) is 0 Å². The summed E-state index contributed by atoms with van der Waals surface area (Å²) in [5.41, 5.74) is 3.09. The van der Waals surface area contributed by atoms with Gasteiger partial charge in [-0.2, -0.15) is 0 Å². The van der Waals surface area contributed by atoms with Crippen LogP contribution in [0, 0.1) is 12.7 Å². The van der Waals surface area contributed by atoms with Crippen molar-refractivity contribution in [1.82, 2.24) is 0 Å². The lowest BCUT2D eigenvalue weighted by Crippen LogP contribution is -2.04. The zero-order valence-electron chi connectivity index (χ0n) is 13.1. The van der Waals surface area contributed by atoms with Crippen molar-refractivity contribution in [2.45, 2.75) is 6.92 Å². The second kappa shape index (κ2) is 6.59. The lowest BCUT2D eigenvalue weighted by molar-refractivity contribution is 0.102. The van der Waals surface area contributed by atoms with Crippen LogP contribution in [0.1, 0.15) is 37.4 Å². The minimum Gasteiger partial charge on any atom is -0.289 e. The Balaban J connectivity index is 1.82. The first-order valence-electron chi connectivity index (χ1n) is 7.56. The largest absolute Gasteiger partial charge is 0.289 e. The first-order chi connectivity index (χ1) is 11.5. The number of carbonyl (C=O) groups is 2. The lowest BCUT2D eigenvalue weighted by atomic mass is 9.98. The van der Waals surface area contributed by atoms with Gasteiger partial charge in [-0.3, -0.25) is 9.59 Å². The lowest BCUT2D eigenvalue weighted by Gasteiger charge is -2.04. The number of rotatable bonds is 4. The van der Waals surface area contributed by atoms with Gasteiger partial charge >= 0.3 is 0 Å². The van der Waals surface area contributed by atoms with Gasteiger partial charge in [0, 0.05) is 22.3 Å². The second-order valence-corrected chi connectivity index (χ2v) is 5.61. The van der Waals surface area contributed by atoms with Gasteiger partial charge in [-0.1, -0.05) is 54.1 Å². The minimum absolute atomic E-state index is 0.0872. The molecule has 0 radical (unpaired) electrons. The summed E-state index contributed by atoms with van der Waals surface area (Å²) >= 11 is 0. The molecule has 0 saturated carbocycles. The van der Waals surface area contributed by atoms with E-state index in [4.69, 9.17) is 0 Å². The molecule has 0 aliphatic rings. The van der Waals surface area contributed by atoms with Crippen LogP contribution in [0.2, 0.25) is 0 Å². The van der Waals surface area contributed by atoms with Crippen molar-refractivity contribution in [2.75, 3.05) is 0 Å². The van der Waals surface area contributed by atoms with Crippen LogP contribution in [0.3, 0.4) is 0 Å². The zero-order valence-corrected chi connectivity index (χ0v) is 13.1. The highest BCUT2D eigenvalue weighted by atomic mass is 19.1. The van der Waals surface area contributed by atoms with E-state index in [9.17, 15) is 14.0 Å². The van der Waals surface area contributed by atoms with Crippen molar-refractivity contribution in [3.05, 3.63) is 106 Å². The van der Waals surface area contributed by atoms with Gasteiger partial charge in [0.15, 0.2) is 11.6 Å². The number of benzene rings is 3. The average Bonchev–Trinajstić information content (AvgIpc) is 2.62. The first-order valence-corrected chi connectivity index (χ1v) is 7.56. The molecule has 0 unspecified atom stereocenters. The molecular formula is C21H15FO2. The summed E-state index contributed by atoms with van der Waals surface area (Å²) in [6, 6.07) is 19.3. The molecule has 3 aromatic rings. The fourth-order valence-electron chi connectivity index (χ4n) is 2.41. The van der Waals surface area contributed by atoms with Gasteiger partial charge in [0.25, 0.3) is 0 Å². The van der Waals surface area contributed by atoms with Gasteiger partial charge in [0.1, 0.15) is 5.82 Å². The molecule has 118 valence electrons. The molecule has 0 heterocycles. The van der Waals surface area contributed by atoms with Crippen LogP contribution in [-0.2, 0) is 0 Å². The van der Waals surface area contributed by atoms with E-state index in [-0.39, 0.29) is 17.4 Å². The van der Waals surface area contributed by atoms with Crippen molar-refractivity contribution in [3.8, 4) is 0 Å². The SMILES string of the molecule is Cc1ccc(C(=O)c2ccc(C(=O)c3ccc(F)cc3)cc2)cc1. The molecule has 3 rings (SSSR count). The Labute approximate surface area is 139 Å². The zero-order chi connectivity index (χ0) is 17.1. The van der Waals surface area contributed by atoms with Gasteiger partial charge in [-0.15, -0.1) is 0 Å². The quantitative estimate of drug-likeness (QED) is 0.659. The van der Waals surface area contributed by atoms with Crippen molar-refractivity contribution in [1.29, 1.82) is 0 Å². The summed E-state index contributed by atoms with van der Waals surface area (Å²) in [4.78, 5) is 24.8. The molecule has 2 nitrogen and oxygen atoms in total. The van der Waals surface area contributed by atoms with Crippen LogP contribution in [0.4, 0.5) is 4.39 Å². The number of halogens is 1. The number of ketones is 2. The molecule has 0 aromatic heterocycles. The number of hydrogen-bond donors (Lipinski definition) is 0. The normalized spacial score (nSPS) is 10.4. The van der Waals surface area contributed by atoms with Crippen LogP contribution in [0.5, 0.6) is 0 Å².